The van der Waals surface area contributed by atoms with Crippen LogP contribution in [-0.2, 0) is 11.1 Å². The first-order valence-electron chi connectivity index (χ1n) is 2.07. The monoisotopic (exact) mass is 120 g/mol. The Hall–Kier alpha value is 0.0700. The summed E-state index contributed by atoms with van der Waals surface area (Å²) in [6, 6.07) is 0. The molecule has 7 heavy (non-hydrogen) atoms. The zero-order chi connectivity index (χ0) is 5.28. The summed E-state index contributed by atoms with van der Waals surface area (Å²) in [5, 5.41) is 0. The van der Waals surface area contributed by atoms with Crippen molar-refractivity contribution < 1.29 is 8.76 Å². The van der Waals surface area contributed by atoms with Crippen LogP contribution in [0, 0.1) is 0 Å². The van der Waals surface area contributed by atoms with Crippen molar-refractivity contribution >= 4 is 11.1 Å². The van der Waals surface area contributed by atoms with Gasteiger partial charge in [-0.15, -0.1) is 0 Å². The molecule has 0 amide bonds. The van der Waals surface area contributed by atoms with Crippen LogP contribution in [0.5, 0.6) is 0 Å². The summed E-state index contributed by atoms with van der Waals surface area (Å²) in [6.45, 7) is 1.90. The Labute approximate surface area is 44.6 Å². The van der Waals surface area contributed by atoms with Gasteiger partial charge in [-0.3, -0.25) is 9.11 Å². The Balaban J connectivity index is 2.08. The molecule has 1 unspecified atom stereocenters. The van der Waals surface area contributed by atoms with Gasteiger partial charge in [0.1, 0.15) is 0 Å². The zero-order valence-electron chi connectivity index (χ0n) is 3.79. The topological polar surface area (TPSA) is 43.1 Å². The maximum Gasteiger partial charge on any atom is 0.0614 e. The minimum absolute atomic E-state index is 0.222. The molecule has 1 fully saturated rings. The van der Waals surface area contributed by atoms with Gasteiger partial charge in [0, 0.05) is 13.1 Å². The second-order valence-corrected chi connectivity index (χ2v) is 2.42. The molecule has 0 aromatic carbocycles. The molecule has 1 atom stereocenters. The average Bonchev–Trinajstić information content (AvgIpc) is 2.17. The van der Waals surface area contributed by atoms with Crippen LogP contribution in [0.3, 0.4) is 0 Å². The summed E-state index contributed by atoms with van der Waals surface area (Å²) in [7, 11) is 0. The quantitative estimate of drug-likeness (QED) is 0.352. The van der Waals surface area contributed by atoms with Gasteiger partial charge in [-0.25, -0.2) is 0 Å². The molecular formula is C3H6NO2S-. The molecule has 1 aliphatic rings. The van der Waals surface area contributed by atoms with Crippen molar-refractivity contribution in [3.63, 3.8) is 0 Å². The third kappa shape index (κ3) is 2.01. The number of hydrogen-bond acceptors (Lipinski definition) is 3. The first kappa shape index (κ1) is 5.21. The highest BCUT2D eigenvalue weighted by molar-refractivity contribution is 7.79. The molecule has 0 radical (unpaired) electrons. The summed E-state index contributed by atoms with van der Waals surface area (Å²) in [5.41, 5.74) is 0. The van der Waals surface area contributed by atoms with Gasteiger partial charge in [0.25, 0.3) is 0 Å². The average molecular weight is 120 g/mol. The molecule has 1 rings (SSSR count). The van der Waals surface area contributed by atoms with Gasteiger partial charge in [0.15, 0.2) is 0 Å². The van der Waals surface area contributed by atoms with E-state index in [1.165, 1.54) is 0 Å². The largest absolute Gasteiger partial charge is 0.771 e. The van der Waals surface area contributed by atoms with Crippen molar-refractivity contribution in [3.05, 3.63) is 0 Å². The van der Waals surface area contributed by atoms with Gasteiger partial charge in [0.2, 0.25) is 0 Å². The van der Waals surface area contributed by atoms with Crippen molar-refractivity contribution in [3.8, 4) is 0 Å². The van der Waals surface area contributed by atoms with Crippen molar-refractivity contribution in [1.82, 2.24) is 4.90 Å². The van der Waals surface area contributed by atoms with E-state index < -0.39 is 11.1 Å². The van der Waals surface area contributed by atoms with Crippen LogP contribution in [0.2, 0.25) is 0 Å². The Bertz CT molecular complexity index is 90.9. The van der Waals surface area contributed by atoms with Crippen LogP contribution >= 0.6 is 0 Å². The van der Waals surface area contributed by atoms with Crippen LogP contribution in [-0.4, -0.2) is 32.6 Å². The molecule has 1 saturated heterocycles. The third-order valence-corrected chi connectivity index (χ3v) is 1.40. The first-order valence-corrected chi connectivity index (χ1v) is 3.31. The fraction of sp³-hybridized carbons (Fsp3) is 1.00. The van der Waals surface area contributed by atoms with E-state index >= 15 is 0 Å². The van der Waals surface area contributed by atoms with Crippen molar-refractivity contribution in [2.45, 2.75) is 0 Å². The van der Waals surface area contributed by atoms with E-state index in [2.05, 4.69) is 0 Å². The van der Waals surface area contributed by atoms with Crippen LogP contribution in [0.25, 0.3) is 0 Å². The van der Waals surface area contributed by atoms with Gasteiger partial charge in [0.05, 0.1) is 5.88 Å². The minimum atomic E-state index is -1.86. The van der Waals surface area contributed by atoms with Crippen molar-refractivity contribution in [1.29, 1.82) is 0 Å². The smallest absolute Gasteiger partial charge is 0.0614 e. The number of nitrogens with zero attached hydrogens (tertiary/aromatic N) is 1. The van der Waals surface area contributed by atoms with Gasteiger partial charge >= 0.3 is 0 Å². The summed E-state index contributed by atoms with van der Waals surface area (Å²) in [5.74, 6) is 0.222. The lowest BCUT2D eigenvalue weighted by molar-refractivity contribution is 0.513. The van der Waals surface area contributed by atoms with Crippen molar-refractivity contribution in [2.75, 3.05) is 19.0 Å². The molecule has 0 aromatic heterocycles. The molecule has 0 spiro atoms. The molecule has 3 nitrogen and oxygen atoms in total. The summed E-state index contributed by atoms with van der Waals surface area (Å²) >= 11 is -1.86. The predicted octanol–water partition coefficient (Wildman–Crippen LogP) is -0.861. The summed E-state index contributed by atoms with van der Waals surface area (Å²) in [4.78, 5) is 1.84. The molecular weight excluding hydrogens is 114 g/mol. The molecule has 0 N–H and O–H groups in total. The van der Waals surface area contributed by atoms with Crippen LogP contribution in [0.4, 0.5) is 0 Å². The molecule has 1 heterocycles. The second kappa shape index (κ2) is 1.90. The molecule has 42 valence electrons. The Morgan fingerprint density at radius 2 is 2.29 bits per heavy atom. The van der Waals surface area contributed by atoms with Gasteiger partial charge in [-0.1, -0.05) is 0 Å². The van der Waals surface area contributed by atoms with Crippen LogP contribution in [0.15, 0.2) is 0 Å². The van der Waals surface area contributed by atoms with Crippen LogP contribution < -0.4 is 0 Å². The lowest BCUT2D eigenvalue weighted by Crippen LogP contribution is -2.04. The molecule has 0 saturated carbocycles. The highest BCUT2D eigenvalue weighted by atomic mass is 32.2. The molecule has 0 bridgehead atoms. The minimum Gasteiger partial charge on any atom is -0.771 e. The van der Waals surface area contributed by atoms with Gasteiger partial charge < -0.3 is 4.55 Å². The maximum atomic E-state index is 9.81. The SMILES string of the molecule is O=S([O-])CN1CC1. The lowest BCUT2D eigenvalue weighted by Gasteiger charge is -2.01. The molecule has 4 heteroatoms. The van der Waals surface area contributed by atoms with E-state index in [0.717, 1.165) is 13.1 Å². The highest BCUT2D eigenvalue weighted by Crippen LogP contribution is 2.01. The second-order valence-electron chi connectivity index (χ2n) is 1.55. The fourth-order valence-electron chi connectivity index (χ4n) is 0.349. The summed E-state index contributed by atoms with van der Waals surface area (Å²) < 4.78 is 19.6. The Morgan fingerprint density at radius 1 is 1.71 bits per heavy atom. The first-order chi connectivity index (χ1) is 3.29. The van der Waals surface area contributed by atoms with E-state index in [4.69, 9.17) is 0 Å². The Kier molecular flexibility index (Phi) is 1.41. The van der Waals surface area contributed by atoms with E-state index in [-0.39, 0.29) is 5.88 Å². The normalized spacial score (nSPS) is 24.7. The Morgan fingerprint density at radius 3 is 2.43 bits per heavy atom. The molecule has 0 aliphatic carbocycles. The van der Waals surface area contributed by atoms with Gasteiger partial charge in [-0.05, 0) is 11.1 Å². The van der Waals surface area contributed by atoms with E-state index in [1.54, 1.807) is 0 Å². The molecule has 1 aliphatic heterocycles. The third-order valence-electron chi connectivity index (χ3n) is 0.828. The predicted molar refractivity (Wildman–Crippen MR) is 25.4 cm³/mol. The molecule has 0 aromatic rings. The van der Waals surface area contributed by atoms with E-state index in [0.29, 0.717) is 0 Å². The zero-order valence-corrected chi connectivity index (χ0v) is 4.61. The summed E-state index contributed by atoms with van der Waals surface area (Å²) in [6.07, 6.45) is 0. The maximum absolute atomic E-state index is 9.81. The highest BCUT2D eigenvalue weighted by Gasteiger charge is 2.15. The van der Waals surface area contributed by atoms with Crippen LogP contribution in [0.1, 0.15) is 0 Å². The fourth-order valence-corrected chi connectivity index (χ4v) is 0.905. The van der Waals surface area contributed by atoms with E-state index in [1.807, 2.05) is 4.90 Å². The van der Waals surface area contributed by atoms with Gasteiger partial charge in [-0.2, -0.15) is 0 Å². The number of hydrogen-bond donors (Lipinski definition) is 0. The van der Waals surface area contributed by atoms with E-state index in [9.17, 15) is 8.76 Å². The van der Waals surface area contributed by atoms with Crippen molar-refractivity contribution in [2.24, 2.45) is 0 Å². The number of rotatable bonds is 2. The lowest BCUT2D eigenvalue weighted by atomic mass is 11.0. The standard InChI is InChI=1S/C3H7NO2S/c5-7(6)3-4-1-2-4/h1-3H2,(H,5,6)/p-1.